The van der Waals surface area contributed by atoms with Crippen LogP contribution in [0.1, 0.15) is 31.7 Å². The molecule has 3 N–H and O–H groups in total. The molecule has 0 spiro atoms. The molecule has 0 saturated carbocycles. The zero-order chi connectivity index (χ0) is 13.6. The molecule has 0 radical (unpaired) electrons. The number of aryl methyl sites for hydroxylation is 1. The first-order valence-electron chi connectivity index (χ1n) is 6.26. The van der Waals surface area contributed by atoms with Gasteiger partial charge in [0.05, 0.1) is 12.2 Å². The Hall–Kier alpha value is -1.13. The molecule has 0 aliphatic carbocycles. The van der Waals surface area contributed by atoms with Crippen LogP contribution in [0, 0.1) is 12.7 Å². The van der Waals surface area contributed by atoms with Gasteiger partial charge in [-0.1, -0.05) is 12.1 Å². The van der Waals surface area contributed by atoms with Crippen molar-refractivity contribution in [3.8, 4) is 5.75 Å². The Balaban J connectivity index is 2.28. The van der Waals surface area contributed by atoms with Gasteiger partial charge in [0.1, 0.15) is 0 Å². The van der Waals surface area contributed by atoms with Gasteiger partial charge in [-0.05, 0) is 44.7 Å². The highest BCUT2D eigenvalue weighted by molar-refractivity contribution is 5.29. The number of hydrogen-bond donors (Lipinski definition) is 2. The summed E-state index contributed by atoms with van der Waals surface area (Å²) < 4.78 is 19.0. The first-order chi connectivity index (χ1) is 8.46. The molecule has 1 atom stereocenters. The van der Waals surface area contributed by atoms with Crippen molar-refractivity contribution in [2.75, 3.05) is 13.2 Å². The highest BCUT2D eigenvalue weighted by Gasteiger charge is 2.16. The molecule has 0 bridgehead atoms. The van der Waals surface area contributed by atoms with Crippen LogP contribution in [0.25, 0.3) is 0 Å². The van der Waals surface area contributed by atoms with E-state index in [1.165, 1.54) is 0 Å². The lowest BCUT2D eigenvalue weighted by atomic mass is 10.00. The molecule has 1 unspecified atom stereocenters. The van der Waals surface area contributed by atoms with Crippen LogP contribution in [-0.4, -0.2) is 23.9 Å². The van der Waals surface area contributed by atoms with Crippen LogP contribution in [0.15, 0.2) is 18.2 Å². The average Bonchev–Trinajstić information content (AvgIpc) is 2.34. The van der Waals surface area contributed by atoms with Crippen LogP contribution in [0.3, 0.4) is 0 Å². The van der Waals surface area contributed by atoms with Crippen molar-refractivity contribution in [1.82, 2.24) is 0 Å². The average molecular weight is 255 g/mol. The zero-order valence-electron chi connectivity index (χ0n) is 11.1. The predicted octanol–water partition coefficient (Wildman–Crippen LogP) is 2.39. The van der Waals surface area contributed by atoms with Crippen LogP contribution in [0.2, 0.25) is 0 Å². The SMILES string of the molecule is Cc1cccc(OCCCCC(C)(O)CN)c1F. The molecule has 3 nitrogen and oxygen atoms in total. The van der Waals surface area contributed by atoms with Crippen molar-refractivity contribution in [2.45, 2.75) is 38.7 Å². The molecule has 0 saturated heterocycles. The topological polar surface area (TPSA) is 55.5 Å². The van der Waals surface area contributed by atoms with Crippen LogP contribution in [-0.2, 0) is 0 Å². The van der Waals surface area contributed by atoms with Gasteiger partial charge in [0.15, 0.2) is 11.6 Å². The summed E-state index contributed by atoms with van der Waals surface area (Å²) in [4.78, 5) is 0. The van der Waals surface area contributed by atoms with Gasteiger partial charge < -0.3 is 15.6 Å². The van der Waals surface area contributed by atoms with Gasteiger partial charge in [-0.15, -0.1) is 0 Å². The van der Waals surface area contributed by atoms with E-state index in [1.54, 1.807) is 32.0 Å². The second-order valence-electron chi connectivity index (χ2n) is 4.89. The third-order valence-corrected chi connectivity index (χ3v) is 2.96. The van der Waals surface area contributed by atoms with Gasteiger partial charge >= 0.3 is 0 Å². The minimum absolute atomic E-state index is 0.250. The Kier molecular flexibility index (Phi) is 5.56. The third-order valence-electron chi connectivity index (χ3n) is 2.96. The van der Waals surface area contributed by atoms with E-state index in [0.717, 1.165) is 12.8 Å². The first-order valence-corrected chi connectivity index (χ1v) is 6.26. The number of unbranched alkanes of at least 4 members (excludes halogenated alkanes) is 1. The summed E-state index contributed by atoms with van der Waals surface area (Å²) in [6, 6.07) is 5.10. The number of hydrogen-bond acceptors (Lipinski definition) is 3. The summed E-state index contributed by atoms with van der Waals surface area (Å²) in [7, 11) is 0. The largest absolute Gasteiger partial charge is 0.491 e. The molecule has 1 aromatic rings. The molecule has 18 heavy (non-hydrogen) atoms. The number of ether oxygens (including phenoxy) is 1. The van der Waals surface area contributed by atoms with Gasteiger partial charge in [-0.25, -0.2) is 4.39 Å². The van der Waals surface area contributed by atoms with E-state index in [0.29, 0.717) is 24.3 Å². The molecule has 1 rings (SSSR count). The Labute approximate surface area is 108 Å². The summed E-state index contributed by atoms with van der Waals surface area (Å²) in [5.41, 5.74) is 5.19. The minimum Gasteiger partial charge on any atom is -0.491 e. The number of rotatable bonds is 7. The van der Waals surface area contributed by atoms with E-state index < -0.39 is 5.60 Å². The number of halogens is 1. The lowest BCUT2D eigenvalue weighted by Crippen LogP contribution is -2.33. The summed E-state index contributed by atoms with van der Waals surface area (Å²) in [5, 5.41) is 9.69. The lowest BCUT2D eigenvalue weighted by Gasteiger charge is -2.20. The molecule has 1 aromatic carbocycles. The Morgan fingerprint density at radius 3 is 2.78 bits per heavy atom. The van der Waals surface area contributed by atoms with Gasteiger partial charge in [-0.2, -0.15) is 0 Å². The molecule has 0 aliphatic rings. The fraction of sp³-hybridized carbons (Fsp3) is 0.571. The number of benzene rings is 1. The van der Waals surface area contributed by atoms with E-state index in [4.69, 9.17) is 10.5 Å². The maximum absolute atomic E-state index is 13.6. The molecule has 102 valence electrons. The Morgan fingerprint density at radius 2 is 2.11 bits per heavy atom. The van der Waals surface area contributed by atoms with Crippen LogP contribution in [0.4, 0.5) is 4.39 Å². The maximum atomic E-state index is 13.6. The number of aliphatic hydroxyl groups is 1. The molecule has 4 heteroatoms. The third kappa shape index (κ3) is 4.63. The second-order valence-corrected chi connectivity index (χ2v) is 4.89. The number of nitrogens with two attached hydrogens (primary N) is 1. The lowest BCUT2D eigenvalue weighted by molar-refractivity contribution is 0.0561. The quantitative estimate of drug-likeness (QED) is 0.736. The summed E-state index contributed by atoms with van der Waals surface area (Å²) in [6.45, 7) is 4.12. The monoisotopic (exact) mass is 255 g/mol. The van der Waals surface area contributed by atoms with Crippen molar-refractivity contribution in [1.29, 1.82) is 0 Å². The van der Waals surface area contributed by atoms with Gasteiger partial charge in [0, 0.05) is 6.54 Å². The van der Waals surface area contributed by atoms with Crippen molar-refractivity contribution < 1.29 is 14.2 Å². The van der Waals surface area contributed by atoms with Crippen LogP contribution < -0.4 is 10.5 Å². The highest BCUT2D eigenvalue weighted by atomic mass is 19.1. The smallest absolute Gasteiger partial charge is 0.167 e. The van der Waals surface area contributed by atoms with Crippen molar-refractivity contribution in [3.05, 3.63) is 29.6 Å². The Bertz CT molecular complexity index is 380. The van der Waals surface area contributed by atoms with Gasteiger partial charge in [0.2, 0.25) is 0 Å². The first kappa shape index (κ1) is 14.9. The molecular weight excluding hydrogens is 233 g/mol. The summed E-state index contributed by atoms with van der Waals surface area (Å²) in [5.74, 6) is -0.00737. The van der Waals surface area contributed by atoms with Crippen molar-refractivity contribution in [3.63, 3.8) is 0 Å². The Morgan fingerprint density at radius 1 is 1.39 bits per heavy atom. The highest BCUT2D eigenvalue weighted by Crippen LogP contribution is 2.20. The normalized spacial score (nSPS) is 14.3. The summed E-state index contributed by atoms with van der Waals surface area (Å²) in [6.07, 6.45) is 2.20. The predicted molar refractivity (Wildman–Crippen MR) is 70.2 cm³/mol. The summed E-state index contributed by atoms with van der Waals surface area (Å²) >= 11 is 0. The minimum atomic E-state index is -0.811. The van der Waals surface area contributed by atoms with E-state index in [2.05, 4.69) is 0 Å². The molecule has 0 aromatic heterocycles. The van der Waals surface area contributed by atoms with Crippen molar-refractivity contribution in [2.24, 2.45) is 5.73 Å². The molecular formula is C14H22FNO2. The van der Waals surface area contributed by atoms with E-state index in [-0.39, 0.29) is 12.4 Å². The van der Waals surface area contributed by atoms with Crippen LogP contribution in [0.5, 0.6) is 5.75 Å². The fourth-order valence-electron chi connectivity index (χ4n) is 1.62. The molecule has 0 fully saturated rings. The van der Waals surface area contributed by atoms with E-state index in [9.17, 15) is 9.50 Å². The molecule has 0 aliphatic heterocycles. The fourth-order valence-corrected chi connectivity index (χ4v) is 1.62. The molecule has 0 amide bonds. The van der Waals surface area contributed by atoms with Gasteiger partial charge in [0.25, 0.3) is 0 Å². The van der Waals surface area contributed by atoms with Crippen molar-refractivity contribution >= 4 is 0 Å². The molecule has 0 heterocycles. The maximum Gasteiger partial charge on any atom is 0.167 e. The van der Waals surface area contributed by atoms with Gasteiger partial charge in [-0.3, -0.25) is 0 Å². The standard InChI is InChI=1S/C14H22FNO2/c1-11-6-5-7-12(13(11)15)18-9-4-3-8-14(2,17)10-16/h5-7,17H,3-4,8-10,16H2,1-2H3. The van der Waals surface area contributed by atoms with Crippen LogP contribution >= 0.6 is 0 Å². The van der Waals surface area contributed by atoms with E-state index >= 15 is 0 Å². The van der Waals surface area contributed by atoms with E-state index in [1.807, 2.05) is 0 Å². The second kappa shape index (κ2) is 6.71. The zero-order valence-corrected chi connectivity index (χ0v) is 11.1.